The molecule has 210 valence electrons. The Morgan fingerprint density at radius 1 is 1.05 bits per heavy atom. The number of aliphatic hydroxyl groups excluding tert-OH is 1. The summed E-state index contributed by atoms with van der Waals surface area (Å²) in [7, 11) is 0. The van der Waals surface area contributed by atoms with Crippen molar-refractivity contribution in [2.75, 3.05) is 17.2 Å². The first-order chi connectivity index (χ1) is 19.1. The Morgan fingerprint density at radius 2 is 1.75 bits per heavy atom. The molecule has 0 bridgehead atoms. The number of imidazole rings is 1. The molecule has 2 aromatic carbocycles. The highest BCUT2D eigenvalue weighted by molar-refractivity contribution is 5.91. The molecule has 5 rings (SSSR count). The molecule has 2 aromatic heterocycles. The number of alkyl halides is 3. The SMILES string of the molecule is C[C@@H](Nc1nc(C(=O)O)nc2nc(N[C@H](CO)c3ccccc3)n(Cc3ccc(C(F)(F)F)cc3)c12)C1CCC1. The molecule has 1 aliphatic carbocycles. The Balaban J connectivity index is 1.62. The molecule has 12 heteroatoms. The van der Waals surface area contributed by atoms with E-state index >= 15 is 0 Å². The lowest BCUT2D eigenvalue weighted by Gasteiger charge is -2.32. The number of hydrogen-bond acceptors (Lipinski definition) is 7. The maximum atomic E-state index is 13.2. The molecule has 0 saturated heterocycles. The van der Waals surface area contributed by atoms with Crippen LogP contribution in [0.5, 0.6) is 0 Å². The fourth-order valence-electron chi connectivity index (χ4n) is 4.83. The molecule has 9 nitrogen and oxygen atoms in total. The number of nitrogens with zero attached hydrogens (tertiary/aromatic N) is 4. The Bertz CT molecular complexity index is 1490. The second kappa shape index (κ2) is 11.1. The van der Waals surface area contributed by atoms with Gasteiger partial charge in [-0.2, -0.15) is 18.2 Å². The molecule has 4 aromatic rings. The summed E-state index contributed by atoms with van der Waals surface area (Å²) in [5.74, 6) is -0.809. The second-order valence-corrected chi connectivity index (χ2v) is 10.0. The summed E-state index contributed by atoms with van der Waals surface area (Å²) in [5, 5.41) is 26.4. The van der Waals surface area contributed by atoms with Gasteiger partial charge in [-0.25, -0.2) is 14.8 Å². The van der Waals surface area contributed by atoms with E-state index < -0.39 is 29.6 Å². The zero-order valence-electron chi connectivity index (χ0n) is 21.7. The third kappa shape index (κ3) is 5.71. The Labute approximate surface area is 228 Å². The number of fused-ring (bicyclic) bond motifs is 1. The maximum Gasteiger partial charge on any atom is 0.416 e. The number of carbonyl (C=O) groups is 1. The van der Waals surface area contributed by atoms with Crippen LogP contribution in [0, 0.1) is 5.92 Å². The number of carboxylic acids is 1. The number of halogens is 3. The Morgan fingerprint density at radius 3 is 2.33 bits per heavy atom. The van der Waals surface area contributed by atoms with Gasteiger partial charge in [0.2, 0.25) is 11.8 Å². The van der Waals surface area contributed by atoms with Gasteiger partial charge < -0.3 is 25.4 Å². The van der Waals surface area contributed by atoms with Gasteiger partial charge in [-0.05, 0) is 48.9 Å². The van der Waals surface area contributed by atoms with Gasteiger partial charge in [0.25, 0.3) is 0 Å². The van der Waals surface area contributed by atoms with Crippen molar-refractivity contribution in [1.82, 2.24) is 19.5 Å². The van der Waals surface area contributed by atoms with E-state index in [0.29, 0.717) is 17.0 Å². The Hall–Kier alpha value is -4.19. The van der Waals surface area contributed by atoms with Crippen molar-refractivity contribution in [2.24, 2.45) is 5.92 Å². The van der Waals surface area contributed by atoms with Gasteiger partial charge in [0, 0.05) is 6.04 Å². The van der Waals surface area contributed by atoms with Crippen LogP contribution in [0.1, 0.15) is 59.5 Å². The molecule has 40 heavy (non-hydrogen) atoms. The molecule has 0 radical (unpaired) electrons. The summed E-state index contributed by atoms with van der Waals surface area (Å²) in [6.45, 7) is 1.82. The third-order valence-corrected chi connectivity index (χ3v) is 7.33. The van der Waals surface area contributed by atoms with Crippen molar-refractivity contribution in [3.63, 3.8) is 0 Å². The van der Waals surface area contributed by atoms with Crippen molar-refractivity contribution in [2.45, 2.75) is 51.0 Å². The van der Waals surface area contributed by atoms with Gasteiger partial charge in [0.1, 0.15) is 5.52 Å². The van der Waals surface area contributed by atoms with Crippen LogP contribution in [0.4, 0.5) is 24.9 Å². The summed E-state index contributed by atoms with van der Waals surface area (Å²) >= 11 is 0. The van der Waals surface area contributed by atoms with Crippen molar-refractivity contribution in [3.8, 4) is 0 Å². The van der Waals surface area contributed by atoms with Crippen molar-refractivity contribution in [3.05, 3.63) is 77.1 Å². The van der Waals surface area contributed by atoms with Crippen LogP contribution >= 0.6 is 0 Å². The third-order valence-electron chi connectivity index (χ3n) is 7.33. The zero-order valence-corrected chi connectivity index (χ0v) is 21.7. The summed E-state index contributed by atoms with van der Waals surface area (Å²) in [6.07, 6.45) is -1.26. The van der Waals surface area contributed by atoms with Crippen molar-refractivity contribution >= 4 is 28.9 Å². The number of rotatable bonds is 10. The van der Waals surface area contributed by atoms with Crippen molar-refractivity contribution < 1.29 is 28.2 Å². The highest BCUT2D eigenvalue weighted by atomic mass is 19.4. The number of nitrogens with one attached hydrogen (secondary N) is 2. The molecule has 2 atom stereocenters. The summed E-state index contributed by atoms with van der Waals surface area (Å²) < 4.78 is 41.2. The lowest BCUT2D eigenvalue weighted by atomic mass is 9.80. The molecule has 1 aliphatic rings. The number of carboxylic acid groups (broad SMARTS) is 1. The van der Waals surface area contributed by atoms with E-state index in [4.69, 9.17) is 0 Å². The lowest BCUT2D eigenvalue weighted by molar-refractivity contribution is -0.137. The molecule has 1 fully saturated rings. The minimum absolute atomic E-state index is 0.00571. The van der Waals surface area contributed by atoms with Gasteiger partial charge in [-0.15, -0.1) is 0 Å². The highest BCUT2D eigenvalue weighted by Crippen LogP contribution is 2.34. The molecule has 1 saturated carbocycles. The minimum Gasteiger partial charge on any atom is -0.475 e. The average Bonchev–Trinajstić information content (AvgIpc) is 3.23. The highest BCUT2D eigenvalue weighted by Gasteiger charge is 2.31. The standard InChI is InChI=1S/C28H29F3N6O3/c1-16(18-8-5-9-18)32-23-22-24(35-25(34-23)26(39)40)36-27(33-21(15-38)19-6-3-2-4-7-19)37(22)14-17-10-12-20(13-11-17)28(29,30)31/h2-4,6-7,10-13,16,18,21,38H,5,8-9,14-15H2,1H3,(H,39,40)(H2,32,33,34,35,36)/t16-,21-/m1/s1. The normalized spacial score (nSPS) is 15.4. The lowest BCUT2D eigenvalue weighted by Crippen LogP contribution is -2.31. The summed E-state index contributed by atoms with van der Waals surface area (Å²) in [5.41, 5.74) is 1.09. The van der Waals surface area contributed by atoms with Crippen LogP contribution in [-0.2, 0) is 12.7 Å². The smallest absolute Gasteiger partial charge is 0.416 e. The van der Waals surface area contributed by atoms with E-state index in [9.17, 15) is 28.2 Å². The van der Waals surface area contributed by atoms with Crippen LogP contribution < -0.4 is 10.6 Å². The van der Waals surface area contributed by atoms with Crippen LogP contribution in [0.15, 0.2) is 54.6 Å². The molecule has 0 aliphatic heterocycles. The zero-order chi connectivity index (χ0) is 28.4. The number of hydrogen-bond donors (Lipinski definition) is 4. The molecule has 0 unspecified atom stereocenters. The topological polar surface area (TPSA) is 125 Å². The first kappa shape index (κ1) is 27.4. The fourth-order valence-corrected chi connectivity index (χ4v) is 4.83. The molecular weight excluding hydrogens is 525 g/mol. The van der Waals surface area contributed by atoms with E-state index in [1.54, 1.807) is 4.57 Å². The molecular formula is C28H29F3N6O3. The minimum atomic E-state index is -4.47. The monoisotopic (exact) mass is 554 g/mol. The van der Waals surface area contributed by atoms with E-state index in [-0.39, 0.29) is 36.6 Å². The molecule has 0 amide bonds. The van der Waals surface area contributed by atoms with Crippen LogP contribution in [0.2, 0.25) is 0 Å². The van der Waals surface area contributed by atoms with Crippen molar-refractivity contribution in [1.29, 1.82) is 0 Å². The maximum absolute atomic E-state index is 13.2. The van der Waals surface area contributed by atoms with Crippen LogP contribution in [0.25, 0.3) is 11.2 Å². The number of aliphatic hydroxyl groups is 1. The molecule has 2 heterocycles. The quantitative estimate of drug-likeness (QED) is 0.207. The van der Waals surface area contributed by atoms with Crippen LogP contribution in [0.3, 0.4) is 0 Å². The van der Waals surface area contributed by atoms with Gasteiger partial charge in [-0.3, -0.25) is 0 Å². The summed E-state index contributed by atoms with van der Waals surface area (Å²) in [6, 6.07) is 13.4. The Kier molecular flexibility index (Phi) is 7.61. The second-order valence-electron chi connectivity index (χ2n) is 10.0. The van der Waals surface area contributed by atoms with E-state index in [2.05, 4.69) is 25.6 Å². The predicted octanol–water partition coefficient (Wildman–Crippen LogP) is 5.34. The average molecular weight is 555 g/mol. The first-order valence-electron chi connectivity index (χ1n) is 13.0. The summed E-state index contributed by atoms with van der Waals surface area (Å²) in [4.78, 5) is 24.9. The number of benzene rings is 2. The fraction of sp³-hybridized carbons (Fsp3) is 0.357. The van der Waals surface area contributed by atoms with Gasteiger partial charge >= 0.3 is 12.1 Å². The van der Waals surface area contributed by atoms with Crippen LogP contribution in [-0.4, -0.2) is 48.4 Å². The van der Waals surface area contributed by atoms with Gasteiger partial charge in [0.15, 0.2) is 11.5 Å². The number of anilines is 2. The van der Waals surface area contributed by atoms with E-state index in [1.165, 1.54) is 12.1 Å². The molecule has 4 N–H and O–H groups in total. The van der Waals surface area contributed by atoms with E-state index in [1.807, 2.05) is 37.3 Å². The predicted molar refractivity (Wildman–Crippen MR) is 143 cm³/mol. The number of aromatic carboxylic acids is 1. The number of aromatic nitrogens is 4. The van der Waals surface area contributed by atoms with Gasteiger partial charge in [-0.1, -0.05) is 48.9 Å². The van der Waals surface area contributed by atoms with E-state index in [0.717, 1.165) is 37.0 Å². The molecule has 0 spiro atoms. The first-order valence-corrected chi connectivity index (χ1v) is 13.0. The largest absolute Gasteiger partial charge is 0.475 e. The van der Waals surface area contributed by atoms with Gasteiger partial charge in [0.05, 0.1) is 24.8 Å².